The van der Waals surface area contributed by atoms with Gasteiger partial charge in [-0.25, -0.2) is 13.2 Å². The molecule has 0 spiro atoms. The average molecular weight is 312 g/mol. The molecule has 1 aromatic carbocycles. The molecule has 0 aliphatic rings. The minimum absolute atomic E-state index is 0.0261. The molecular weight excluding hydrogens is 296 g/mol. The number of carboxylic acid groups (broad SMARTS) is 1. The van der Waals surface area contributed by atoms with Gasteiger partial charge < -0.3 is 5.11 Å². The lowest BCUT2D eigenvalue weighted by atomic mass is 10.1. The topological polar surface area (TPSA) is 71.4 Å². The van der Waals surface area contributed by atoms with Crippen LogP contribution in [0.25, 0.3) is 10.1 Å². The van der Waals surface area contributed by atoms with Gasteiger partial charge in [-0.05, 0) is 17.4 Å². The fourth-order valence-electron chi connectivity index (χ4n) is 2.20. The summed E-state index contributed by atoms with van der Waals surface area (Å²) in [6.45, 7) is 3.67. The quantitative estimate of drug-likeness (QED) is 0.920. The van der Waals surface area contributed by atoms with E-state index in [-0.39, 0.29) is 22.3 Å². The summed E-state index contributed by atoms with van der Waals surface area (Å²) in [7, 11) is -3.31. The van der Waals surface area contributed by atoms with E-state index in [0.717, 1.165) is 21.4 Å². The van der Waals surface area contributed by atoms with Gasteiger partial charge in [0.25, 0.3) is 0 Å². The smallest absolute Gasteiger partial charge is 0.346 e. The second-order valence-electron chi connectivity index (χ2n) is 5.16. The van der Waals surface area contributed by atoms with Gasteiger partial charge in [0.1, 0.15) is 4.88 Å². The predicted molar refractivity (Wildman–Crippen MR) is 81.1 cm³/mol. The SMILES string of the molecule is CC(C)CS(=O)(=O)Cc1c(C(=O)O)sc2ccccc12. The first-order valence-corrected chi connectivity index (χ1v) is 8.88. The highest BCUT2D eigenvalue weighted by Crippen LogP contribution is 2.32. The van der Waals surface area contributed by atoms with E-state index in [1.807, 2.05) is 26.0 Å². The maximum absolute atomic E-state index is 12.1. The van der Waals surface area contributed by atoms with Crippen molar-refractivity contribution in [2.24, 2.45) is 5.92 Å². The molecule has 20 heavy (non-hydrogen) atoms. The molecule has 0 saturated carbocycles. The lowest BCUT2D eigenvalue weighted by molar-refractivity contribution is 0.0701. The summed E-state index contributed by atoms with van der Waals surface area (Å²) in [6.07, 6.45) is 0. The predicted octanol–water partition coefficient (Wildman–Crippen LogP) is 3.17. The maximum atomic E-state index is 12.1. The molecule has 4 nitrogen and oxygen atoms in total. The molecule has 0 atom stereocenters. The number of hydrogen-bond donors (Lipinski definition) is 1. The average Bonchev–Trinajstić information content (AvgIpc) is 2.66. The van der Waals surface area contributed by atoms with Gasteiger partial charge in [-0.1, -0.05) is 32.0 Å². The number of thiophene rings is 1. The number of carboxylic acids is 1. The third-order valence-electron chi connectivity index (χ3n) is 2.84. The van der Waals surface area contributed by atoms with Crippen LogP contribution in [0.4, 0.5) is 0 Å². The van der Waals surface area contributed by atoms with E-state index in [1.54, 1.807) is 12.1 Å². The number of rotatable bonds is 5. The van der Waals surface area contributed by atoms with Gasteiger partial charge >= 0.3 is 5.97 Å². The van der Waals surface area contributed by atoms with Gasteiger partial charge in [0.05, 0.1) is 11.5 Å². The molecule has 0 bridgehead atoms. The maximum Gasteiger partial charge on any atom is 0.346 e. The van der Waals surface area contributed by atoms with E-state index in [1.165, 1.54) is 0 Å². The molecule has 0 unspecified atom stereocenters. The number of fused-ring (bicyclic) bond motifs is 1. The van der Waals surface area contributed by atoms with Gasteiger partial charge in [-0.15, -0.1) is 11.3 Å². The van der Waals surface area contributed by atoms with Crippen molar-refractivity contribution in [1.29, 1.82) is 0 Å². The first-order chi connectivity index (χ1) is 9.30. The highest BCUT2D eigenvalue weighted by atomic mass is 32.2. The second kappa shape index (κ2) is 5.54. The Balaban J connectivity index is 2.52. The number of carbonyl (C=O) groups is 1. The molecule has 6 heteroatoms. The molecule has 0 fully saturated rings. The van der Waals surface area contributed by atoms with Crippen molar-refractivity contribution in [1.82, 2.24) is 0 Å². The van der Waals surface area contributed by atoms with Crippen molar-refractivity contribution in [3.05, 3.63) is 34.7 Å². The third-order valence-corrected chi connectivity index (χ3v) is 5.95. The van der Waals surface area contributed by atoms with Gasteiger partial charge in [0.15, 0.2) is 9.84 Å². The Morgan fingerprint density at radius 3 is 2.55 bits per heavy atom. The van der Waals surface area contributed by atoms with Gasteiger partial charge in [0.2, 0.25) is 0 Å². The molecule has 1 aromatic heterocycles. The minimum atomic E-state index is -3.31. The molecule has 0 saturated heterocycles. The molecule has 0 aliphatic carbocycles. The first-order valence-electron chi connectivity index (χ1n) is 6.24. The summed E-state index contributed by atoms with van der Waals surface area (Å²) < 4.78 is 25.1. The summed E-state index contributed by atoms with van der Waals surface area (Å²) in [5, 5.41) is 9.99. The van der Waals surface area contributed by atoms with Crippen LogP contribution in [0, 0.1) is 5.92 Å². The van der Waals surface area contributed by atoms with Crippen LogP contribution in [0.3, 0.4) is 0 Å². The van der Waals surface area contributed by atoms with Crippen molar-refractivity contribution in [2.75, 3.05) is 5.75 Å². The minimum Gasteiger partial charge on any atom is -0.477 e. The lowest BCUT2D eigenvalue weighted by Crippen LogP contribution is -2.15. The number of hydrogen-bond acceptors (Lipinski definition) is 4. The van der Waals surface area contributed by atoms with Crippen LogP contribution in [0.1, 0.15) is 29.1 Å². The van der Waals surface area contributed by atoms with Crippen LogP contribution in [-0.2, 0) is 15.6 Å². The molecule has 2 aromatic rings. The standard InChI is InChI=1S/C14H16O4S2/c1-9(2)7-20(17,18)8-11-10-5-3-4-6-12(10)19-13(11)14(15)16/h3-6,9H,7-8H2,1-2H3,(H,15,16). The molecule has 1 heterocycles. The zero-order chi connectivity index (χ0) is 14.9. The molecular formula is C14H16O4S2. The van der Waals surface area contributed by atoms with Crippen molar-refractivity contribution in [2.45, 2.75) is 19.6 Å². The number of benzene rings is 1. The van der Waals surface area contributed by atoms with Crippen molar-refractivity contribution >= 4 is 37.2 Å². The van der Waals surface area contributed by atoms with E-state index in [9.17, 15) is 18.3 Å². The van der Waals surface area contributed by atoms with E-state index < -0.39 is 15.8 Å². The van der Waals surface area contributed by atoms with Gasteiger partial charge in [-0.3, -0.25) is 0 Å². The highest BCUT2D eigenvalue weighted by molar-refractivity contribution is 7.90. The Labute approximate surface area is 122 Å². The van der Waals surface area contributed by atoms with Crippen LogP contribution < -0.4 is 0 Å². The zero-order valence-electron chi connectivity index (χ0n) is 11.3. The number of sulfone groups is 1. The second-order valence-corrected chi connectivity index (χ2v) is 8.32. The van der Waals surface area contributed by atoms with Crippen molar-refractivity contribution in [3.63, 3.8) is 0 Å². The first kappa shape index (κ1) is 15.0. The van der Waals surface area contributed by atoms with E-state index >= 15 is 0 Å². The van der Waals surface area contributed by atoms with Crippen molar-refractivity contribution in [3.8, 4) is 0 Å². The van der Waals surface area contributed by atoms with E-state index in [4.69, 9.17) is 0 Å². The van der Waals surface area contributed by atoms with Gasteiger partial charge in [-0.2, -0.15) is 0 Å². The summed E-state index contributed by atoms with van der Waals surface area (Å²) >= 11 is 1.13. The Bertz CT molecular complexity index is 742. The largest absolute Gasteiger partial charge is 0.477 e. The Kier molecular flexibility index (Phi) is 4.15. The van der Waals surface area contributed by atoms with Gasteiger partial charge in [0, 0.05) is 10.3 Å². The lowest BCUT2D eigenvalue weighted by Gasteiger charge is -2.07. The Hall–Kier alpha value is -1.40. The molecule has 0 aliphatic heterocycles. The summed E-state index contributed by atoms with van der Waals surface area (Å²) in [6, 6.07) is 7.19. The van der Waals surface area contributed by atoms with E-state index in [2.05, 4.69) is 0 Å². The van der Waals surface area contributed by atoms with Crippen molar-refractivity contribution < 1.29 is 18.3 Å². The number of aromatic carboxylic acids is 1. The monoisotopic (exact) mass is 312 g/mol. The van der Waals surface area contributed by atoms with Crippen LogP contribution in [-0.4, -0.2) is 25.2 Å². The Morgan fingerprint density at radius 2 is 1.95 bits per heavy atom. The highest BCUT2D eigenvalue weighted by Gasteiger charge is 2.23. The summed E-state index contributed by atoms with van der Waals surface area (Å²) in [4.78, 5) is 11.4. The molecule has 1 N–H and O–H groups in total. The fourth-order valence-corrected chi connectivity index (χ4v) is 5.23. The van der Waals surface area contributed by atoms with Crippen LogP contribution >= 0.6 is 11.3 Å². The van der Waals surface area contributed by atoms with Crippen LogP contribution in [0.5, 0.6) is 0 Å². The fraction of sp³-hybridized carbons (Fsp3) is 0.357. The third kappa shape index (κ3) is 3.19. The van der Waals surface area contributed by atoms with Crippen LogP contribution in [0.15, 0.2) is 24.3 Å². The normalized spacial score (nSPS) is 12.2. The Morgan fingerprint density at radius 1 is 1.30 bits per heavy atom. The molecule has 2 rings (SSSR count). The molecule has 0 radical (unpaired) electrons. The molecule has 108 valence electrons. The summed E-state index contributed by atoms with van der Waals surface area (Å²) in [5.41, 5.74) is 0.416. The summed E-state index contributed by atoms with van der Waals surface area (Å²) in [5.74, 6) is -1.19. The zero-order valence-corrected chi connectivity index (χ0v) is 12.9. The van der Waals surface area contributed by atoms with E-state index in [0.29, 0.717) is 5.56 Å². The molecule has 0 amide bonds. The van der Waals surface area contributed by atoms with Crippen LogP contribution in [0.2, 0.25) is 0 Å².